The molecule has 0 spiro atoms. The molecule has 0 aromatic carbocycles. The summed E-state index contributed by atoms with van der Waals surface area (Å²) in [6.45, 7) is 0.286. The molecule has 2 bridgehead atoms. The van der Waals surface area contributed by atoms with E-state index in [0.717, 1.165) is 0 Å². The van der Waals surface area contributed by atoms with Crippen LogP contribution < -0.4 is 5.32 Å². The fourth-order valence-corrected chi connectivity index (χ4v) is 2.15. The molecule has 2 saturated heterocycles. The molecule has 2 heterocycles. The van der Waals surface area contributed by atoms with E-state index in [1.54, 1.807) is 0 Å². The van der Waals surface area contributed by atoms with Gasteiger partial charge in [-0.3, -0.25) is 9.59 Å². The van der Waals surface area contributed by atoms with Crippen molar-refractivity contribution in [2.45, 2.75) is 18.4 Å². The van der Waals surface area contributed by atoms with Crippen molar-refractivity contribution in [2.24, 2.45) is 5.41 Å². The maximum atomic E-state index is 10.7. The van der Waals surface area contributed by atoms with Gasteiger partial charge in [0.05, 0.1) is 5.41 Å². The average molecular weight is 171 g/mol. The standard InChI is InChI=1S/C7H9NO4/c9-4(10)6-1-7(2-6,5(11)12)8-3-6/h8H,1-3H2,(H,9,10)(H,11,12). The van der Waals surface area contributed by atoms with Gasteiger partial charge in [0.15, 0.2) is 0 Å². The number of carboxylic acid groups (broad SMARTS) is 2. The Morgan fingerprint density at radius 3 is 2.00 bits per heavy atom. The van der Waals surface area contributed by atoms with Crippen molar-refractivity contribution in [3.8, 4) is 0 Å². The largest absolute Gasteiger partial charge is 0.481 e. The Balaban J connectivity index is 2.20. The molecule has 66 valence electrons. The number of fused-ring (bicyclic) bond motifs is 1. The van der Waals surface area contributed by atoms with Gasteiger partial charge in [0.25, 0.3) is 0 Å². The number of hydrogen-bond donors (Lipinski definition) is 3. The summed E-state index contributed by atoms with van der Waals surface area (Å²) in [4.78, 5) is 21.4. The number of aliphatic carboxylic acids is 2. The van der Waals surface area contributed by atoms with Gasteiger partial charge in [-0.1, -0.05) is 0 Å². The van der Waals surface area contributed by atoms with Crippen LogP contribution in [0.4, 0.5) is 0 Å². The molecule has 3 N–H and O–H groups in total. The highest BCUT2D eigenvalue weighted by atomic mass is 16.4. The normalized spacial score (nSPS) is 43.7. The van der Waals surface area contributed by atoms with Gasteiger partial charge >= 0.3 is 11.9 Å². The van der Waals surface area contributed by atoms with Gasteiger partial charge < -0.3 is 15.5 Å². The Bertz CT molecular complexity index is 241. The molecular formula is C7H9NO4. The first kappa shape index (κ1) is 7.54. The van der Waals surface area contributed by atoms with Gasteiger partial charge in [-0.25, -0.2) is 0 Å². The lowest BCUT2D eigenvalue weighted by atomic mass is 9.62. The Morgan fingerprint density at radius 2 is 1.75 bits per heavy atom. The van der Waals surface area contributed by atoms with Crippen LogP contribution in [0.25, 0.3) is 0 Å². The van der Waals surface area contributed by atoms with E-state index in [1.165, 1.54) is 0 Å². The Hall–Kier alpha value is -1.10. The van der Waals surface area contributed by atoms with Gasteiger partial charge in [0.1, 0.15) is 5.54 Å². The summed E-state index contributed by atoms with van der Waals surface area (Å²) in [5.74, 6) is -1.82. The van der Waals surface area contributed by atoms with E-state index in [-0.39, 0.29) is 19.4 Å². The highest BCUT2D eigenvalue weighted by molar-refractivity contribution is 5.89. The van der Waals surface area contributed by atoms with Crippen molar-refractivity contribution in [2.75, 3.05) is 6.54 Å². The van der Waals surface area contributed by atoms with Crippen LogP contribution in [0.15, 0.2) is 0 Å². The summed E-state index contributed by atoms with van der Waals surface area (Å²) >= 11 is 0. The summed E-state index contributed by atoms with van der Waals surface area (Å²) in [5, 5.41) is 20.3. The molecule has 0 atom stereocenters. The third-order valence-electron chi connectivity index (χ3n) is 2.91. The Morgan fingerprint density at radius 1 is 1.17 bits per heavy atom. The molecule has 0 aromatic heterocycles. The average Bonchev–Trinajstić information content (AvgIpc) is 2.37. The lowest BCUT2D eigenvalue weighted by Gasteiger charge is -2.39. The van der Waals surface area contributed by atoms with Crippen LogP contribution in [0.5, 0.6) is 0 Å². The molecule has 0 amide bonds. The fourth-order valence-electron chi connectivity index (χ4n) is 2.15. The van der Waals surface area contributed by atoms with Gasteiger partial charge in [-0.2, -0.15) is 0 Å². The van der Waals surface area contributed by atoms with Crippen LogP contribution in [0.2, 0.25) is 0 Å². The maximum Gasteiger partial charge on any atom is 0.323 e. The van der Waals surface area contributed by atoms with E-state index in [0.29, 0.717) is 0 Å². The van der Waals surface area contributed by atoms with E-state index in [9.17, 15) is 9.59 Å². The Kier molecular flexibility index (Phi) is 1.13. The first-order valence-corrected chi connectivity index (χ1v) is 3.73. The maximum absolute atomic E-state index is 10.7. The number of carbonyl (C=O) groups is 2. The fraction of sp³-hybridized carbons (Fsp3) is 0.714. The molecule has 5 heteroatoms. The van der Waals surface area contributed by atoms with Crippen molar-refractivity contribution in [3.63, 3.8) is 0 Å². The smallest absolute Gasteiger partial charge is 0.323 e. The number of nitrogens with one attached hydrogen (secondary N) is 1. The van der Waals surface area contributed by atoms with Crippen molar-refractivity contribution in [3.05, 3.63) is 0 Å². The van der Waals surface area contributed by atoms with Gasteiger partial charge in [0.2, 0.25) is 0 Å². The minimum Gasteiger partial charge on any atom is -0.481 e. The Labute approximate surface area is 68.4 Å². The van der Waals surface area contributed by atoms with E-state index in [1.807, 2.05) is 0 Å². The molecule has 0 aromatic rings. The topological polar surface area (TPSA) is 86.6 Å². The van der Waals surface area contributed by atoms with Crippen LogP contribution in [0.3, 0.4) is 0 Å². The van der Waals surface area contributed by atoms with Crippen LogP contribution >= 0.6 is 0 Å². The van der Waals surface area contributed by atoms with Crippen LogP contribution in [-0.2, 0) is 9.59 Å². The van der Waals surface area contributed by atoms with E-state index < -0.39 is 22.9 Å². The van der Waals surface area contributed by atoms with E-state index >= 15 is 0 Å². The molecule has 5 nitrogen and oxygen atoms in total. The zero-order valence-corrected chi connectivity index (χ0v) is 6.33. The second kappa shape index (κ2) is 1.80. The summed E-state index contributed by atoms with van der Waals surface area (Å²) in [6.07, 6.45) is 0.454. The molecular weight excluding hydrogens is 162 g/mol. The number of hydrogen-bond acceptors (Lipinski definition) is 3. The van der Waals surface area contributed by atoms with Crippen LogP contribution in [0, 0.1) is 5.41 Å². The van der Waals surface area contributed by atoms with Crippen molar-refractivity contribution in [1.82, 2.24) is 5.32 Å². The van der Waals surface area contributed by atoms with Gasteiger partial charge in [-0.15, -0.1) is 0 Å². The minimum atomic E-state index is -0.933. The van der Waals surface area contributed by atoms with Crippen molar-refractivity contribution >= 4 is 11.9 Å². The lowest BCUT2D eigenvalue weighted by molar-refractivity contribution is -0.160. The molecule has 0 unspecified atom stereocenters. The predicted octanol–water partition coefficient (Wildman–Crippen LogP) is -0.722. The summed E-state index contributed by atoms with van der Waals surface area (Å²) in [5.41, 5.74) is -1.73. The third-order valence-corrected chi connectivity index (χ3v) is 2.91. The summed E-state index contributed by atoms with van der Waals surface area (Å²) in [6, 6.07) is 0. The number of carboxylic acids is 2. The first-order chi connectivity index (χ1) is 5.51. The van der Waals surface area contributed by atoms with Gasteiger partial charge in [0, 0.05) is 6.54 Å². The molecule has 3 fully saturated rings. The summed E-state index contributed by atoms with van der Waals surface area (Å²) in [7, 11) is 0. The zero-order valence-electron chi connectivity index (χ0n) is 6.33. The molecule has 2 aliphatic heterocycles. The highest BCUT2D eigenvalue weighted by Crippen LogP contribution is 2.54. The molecule has 1 saturated carbocycles. The molecule has 3 rings (SSSR count). The molecule has 0 radical (unpaired) electrons. The SMILES string of the molecule is O=C(O)C12CNC(C(=O)O)(C1)C2. The summed E-state index contributed by atoms with van der Waals surface area (Å²) < 4.78 is 0. The zero-order chi connectivity index (χ0) is 8.98. The van der Waals surface area contributed by atoms with E-state index in [4.69, 9.17) is 10.2 Å². The minimum absolute atomic E-state index is 0.227. The monoisotopic (exact) mass is 171 g/mol. The highest BCUT2D eigenvalue weighted by Gasteiger charge is 2.68. The molecule has 3 aliphatic rings. The third kappa shape index (κ3) is 0.621. The van der Waals surface area contributed by atoms with Crippen LogP contribution in [-0.4, -0.2) is 34.2 Å². The quantitative estimate of drug-likeness (QED) is 0.510. The molecule has 12 heavy (non-hydrogen) atoms. The first-order valence-electron chi connectivity index (χ1n) is 3.73. The van der Waals surface area contributed by atoms with Crippen LogP contribution in [0.1, 0.15) is 12.8 Å². The second-order valence-corrected chi connectivity index (χ2v) is 3.68. The molecule has 1 aliphatic carbocycles. The number of rotatable bonds is 2. The second-order valence-electron chi connectivity index (χ2n) is 3.68. The predicted molar refractivity (Wildman–Crippen MR) is 37.7 cm³/mol. The van der Waals surface area contributed by atoms with E-state index in [2.05, 4.69) is 5.32 Å². The van der Waals surface area contributed by atoms with Gasteiger partial charge in [-0.05, 0) is 12.8 Å². The van der Waals surface area contributed by atoms with Crippen molar-refractivity contribution in [1.29, 1.82) is 0 Å². The van der Waals surface area contributed by atoms with Crippen molar-refractivity contribution < 1.29 is 19.8 Å². The lowest BCUT2D eigenvalue weighted by Crippen LogP contribution is -2.56.